The zero-order valence-corrected chi connectivity index (χ0v) is 11.5. The molecule has 0 aliphatic heterocycles. The van der Waals surface area contributed by atoms with Gasteiger partial charge in [-0.1, -0.05) is 6.92 Å². The number of thiophene rings is 1. The highest BCUT2D eigenvalue weighted by molar-refractivity contribution is 7.26. The van der Waals surface area contributed by atoms with Gasteiger partial charge in [-0.05, 0) is 25.5 Å². The maximum Gasteiger partial charge on any atom is 0.270 e. The minimum absolute atomic E-state index is 0.141. The van der Waals surface area contributed by atoms with Crippen LogP contribution >= 0.6 is 11.3 Å². The lowest BCUT2D eigenvalue weighted by atomic mass is 10.1. The summed E-state index contributed by atoms with van der Waals surface area (Å²) in [6.45, 7) is 4.06. The second-order valence-corrected chi connectivity index (χ2v) is 5.53. The van der Waals surface area contributed by atoms with Crippen molar-refractivity contribution >= 4 is 37.2 Å². The largest absolute Gasteiger partial charge is 0.270 e. The van der Waals surface area contributed by atoms with Crippen molar-refractivity contribution in [1.82, 2.24) is 4.98 Å². The van der Waals surface area contributed by atoms with Crippen LogP contribution in [-0.4, -0.2) is 9.91 Å². The highest BCUT2D eigenvalue weighted by Gasteiger charge is 2.13. The number of hydrogen-bond donors (Lipinski definition) is 0. The van der Waals surface area contributed by atoms with Crippen molar-refractivity contribution in [2.45, 2.75) is 20.3 Å². The van der Waals surface area contributed by atoms with Crippen LogP contribution in [0.4, 0.5) is 5.69 Å². The molecule has 0 aliphatic rings. The Balaban J connectivity index is 2.41. The fourth-order valence-corrected chi connectivity index (χ4v) is 3.60. The van der Waals surface area contributed by atoms with Crippen molar-refractivity contribution in [2.24, 2.45) is 0 Å². The maximum absolute atomic E-state index is 10.8. The van der Waals surface area contributed by atoms with E-state index in [4.69, 9.17) is 0 Å². The van der Waals surface area contributed by atoms with Crippen LogP contribution in [0.1, 0.15) is 18.3 Å². The summed E-state index contributed by atoms with van der Waals surface area (Å²) in [5.74, 6) is 0. The van der Waals surface area contributed by atoms with Gasteiger partial charge in [-0.2, -0.15) is 0 Å². The number of nitro groups is 1. The van der Waals surface area contributed by atoms with E-state index in [0.29, 0.717) is 0 Å². The molecule has 0 atom stereocenters. The SMILES string of the molecule is CCc1nc(C)cc2c1sc1cc([N+](=O)[O-])ccc12. The third-order valence-corrected chi connectivity index (χ3v) is 4.40. The standard InChI is InChI=1S/C14H12N2O2S/c1-3-12-14-11(6-8(2)15-12)10-5-4-9(16(17)18)7-13(10)19-14/h4-7H,3H2,1-2H3. The van der Waals surface area contributed by atoms with Crippen LogP contribution in [0.25, 0.3) is 20.2 Å². The quantitative estimate of drug-likeness (QED) is 0.518. The highest BCUT2D eigenvalue weighted by atomic mass is 32.1. The van der Waals surface area contributed by atoms with Crippen LogP contribution < -0.4 is 0 Å². The molecule has 1 aromatic carbocycles. The van der Waals surface area contributed by atoms with Crippen molar-refractivity contribution in [3.63, 3.8) is 0 Å². The van der Waals surface area contributed by atoms with Gasteiger partial charge in [0.2, 0.25) is 0 Å². The summed E-state index contributed by atoms with van der Waals surface area (Å²) in [7, 11) is 0. The van der Waals surface area contributed by atoms with Crippen molar-refractivity contribution in [3.8, 4) is 0 Å². The number of hydrogen-bond acceptors (Lipinski definition) is 4. The number of aryl methyl sites for hydroxylation is 2. The molecule has 19 heavy (non-hydrogen) atoms. The lowest BCUT2D eigenvalue weighted by Gasteiger charge is -2.00. The molecule has 3 rings (SSSR count). The molecule has 0 unspecified atom stereocenters. The van der Waals surface area contributed by atoms with Crippen LogP contribution in [0, 0.1) is 17.0 Å². The summed E-state index contributed by atoms with van der Waals surface area (Å²) in [4.78, 5) is 15.0. The van der Waals surface area contributed by atoms with Gasteiger partial charge in [-0.3, -0.25) is 15.1 Å². The second kappa shape index (κ2) is 4.28. The van der Waals surface area contributed by atoms with E-state index in [1.165, 1.54) is 0 Å². The van der Waals surface area contributed by atoms with Crippen LogP contribution in [0.3, 0.4) is 0 Å². The van der Waals surface area contributed by atoms with Crippen LogP contribution in [-0.2, 0) is 6.42 Å². The molecule has 0 saturated carbocycles. The van der Waals surface area contributed by atoms with Gasteiger partial charge < -0.3 is 0 Å². The molecule has 96 valence electrons. The Hall–Kier alpha value is -2.01. The Morgan fingerprint density at radius 3 is 2.79 bits per heavy atom. The van der Waals surface area contributed by atoms with Crippen LogP contribution in [0.2, 0.25) is 0 Å². The van der Waals surface area contributed by atoms with Crippen LogP contribution in [0.5, 0.6) is 0 Å². The number of benzene rings is 1. The molecule has 3 aromatic rings. The average molecular weight is 272 g/mol. The minimum Gasteiger partial charge on any atom is -0.258 e. The number of pyridine rings is 1. The Morgan fingerprint density at radius 1 is 1.32 bits per heavy atom. The normalized spacial score (nSPS) is 11.3. The Labute approximate surface area is 113 Å². The lowest BCUT2D eigenvalue weighted by Crippen LogP contribution is -1.89. The lowest BCUT2D eigenvalue weighted by molar-refractivity contribution is -0.384. The number of aromatic nitrogens is 1. The smallest absolute Gasteiger partial charge is 0.258 e. The monoisotopic (exact) mass is 272 g/mol. The Bertz CT molecular complexity index is 808. The van der Waals surface area contributed by atoms with Crippen molar-refractivity contribution in [2.75, 3.05) is 0 Å². The molecule has 0 amide bonds. The highest BCUT2D eigenvalue weighted by Crippen LogP contribution is 2.37. The van der Waals surface area contributed by atoms with Crippen molar-refractivity contribution < 1.29 is 4.92 Å². The first-order chi connectivity index (χ1) is 9.10. The summed E-state index contributed by atoms with van der Waals surface area (Å²) >= 11 is 1.59. The van der Waals surface area contributed by atoms with Crippen molar-refractivity contribution in [1.29, 1.82) is 0 Å². The fourth-order valence-electron chi connectivity index (χ4n) is 2.32. The van der Waals surface area contributed by atoms with E-state index in [0.717, 1.165) is 38.0 Å². The third-order valence-electron chi connectivity index (χ3n) is 3.18. The van der Waals surface area contributed by atoms with Gasteiger partial charge in [0.05, 0.1) is 15.3 Å². The number of fused-ring (bicyclic) bond motifs is 3. The summed E-state index contributed by atoms with van der Waals surface area (Å²) in [5.41, 5.74) is 2.20. The summed E-state index contributed by atoms with van der Waals surface area (Å²) in [6.07, 6.45) is 0.868. The average Bonchev–Trinajstić information content (AvgIpc) is 2.75. The molecule has 0 spiro atoms. The molecule has 4 nitrogen and oxygen atoms in total. The van der Waals surface area contributed by atoms with Crippen LogP contribution in [0.15, 0.2) is 24.3 Å². The fraction of sp³-hybridized carbons (Fsp3) is 0.214. The molecule has 0 N–H and O–H groups in total. The number of nitrogens with zero attached hydrogens (tertiary/aromatic N) is 2. The molecule has 0 bridgehead atoms. The van der Waals surface area contributed by atoms with E-state index in [1.807, 2.05) is 13.0 Å². The maximum atomic E-state index is 10.8. The van der Waals surface area contributed by atoms with E-state index < -0.39 is 0 Å². The second-order valence-electron chi connectivity index (χ2n) is 4.48. The molecular weight excluding hydrogens is 260 g/mol. The van der Waals surface area contributed by atoms with Gasteiger partial charge in [-0.15, -0.1) is 11.3 Å². The molecule has 0 radical (unpaired) electrons. The third kappa shape index (κ3) is 1.86. The predicted molar refractivity (Wildman–Crippen MR) is 77.9 cm³/mol. The van der Waals surface area contributed by atoms with E-state index in [9.17, 15) is 10.1 Å². The Morgan fingerprint density at radius 2 is 2.11 bits per heavy atom. The molecule has 0 fully saturated rings. The first kappa shape index (κ1) is 12.0. The number of non-ortho nitro benzene ring substituents is 1. The molecule has 0 aliphatic carbocycles. The number of rotatable bonds is 2. The van der Waals surface area contributed by atoms with Gasteiger partial charge in [0.15, 0.2) is 0 Å². The zero-order valence-electron chi connectivity index (χ0n) is 10.6. The van der Waals surface area contributed by atoms with Gasteiger partial charge in [0.25, 0.3) is 5.69 Å². The van der Waals surface area contributed by atoms with E-state index in [1.54, 1.807) is 23.5 Å². The zero-order chi connectivity index (χ0) is 13.6. The van der Waals surface area contributed by atoms with Gasteiger partial charge in [0.1, 0.15) is 0 Å². The van der Waals surface area contributed by atoms with Gasteiger partial charge >= 0.3 is 0 Å². The molecular formula is C14H12N2O2S. The first-order valence-corrected chi connectivity index (χ1v) is 6.89. The molecule has 2 aromatic heterocycles. The molecule has 5 heteroatoms. The van der Waals surface area contributed by atoms with E-state index in [2.05, 4.69) is 18.0 Å². The van der Waals surface area contributed by atoms with Gasteiger partial charge in [-0.25, -0.2) is 0 Å². The summed E-state index contributed by atoms with van der Waals surface area (Å²) < 4.78 is 2.09. The van der Waals surface area contributed by atoms with E-state index in [-0.39, 0.29) is 10.6 Å². The number of nitro benzene ring substituents is 1. The summed E-state index contributed by atoms with van der Waals surface area (Å²) in [6, 6.07) is 7.11. The predicted octanol–water partition coefficient (Wildman–Crippen LogP) is 4.23. The topological polar surface area (TPSA) is 56.0 Å². The van der Waals surface area contributed by atoms with Crippen molar-refractivity contribution in [3.05, 3.63) is 45.8 Å². The first-order valence-electron chi connectivity index (χ1n) is 6.07. The van der Waals surface area contributed by atoms with E-state index >= 15 is 0 Å². The molecule has 0 saturated heterocycles. The summed E-state index contributed by atoms with van der Waals surface area (Å²) in [5, 5.41) is 13.1. The van der Waals surface area contributed by atoms with Gasteiger partial charge in [0, 0.05) is 33.3 Å². The Kier molecular flexibility index (Phi) is 2.71. The molecule has 2 heterocycles. The minimum atomic E-state index is -0.353.